The van der Waals surface area contributed by atoms with Crippen molar-refractivity contribution >= 4 is 17.9 Å². The first kappa shape index (κ1) is 29.6. The third-order valence-corrected chi connectivity index (χ3v) is 14.1. The molecular formula is C34H52O6. The summed E-state index contributed by atoms with van der Waals surface area (Å²) in [6.45, 7) is 16.5. The minimum atomic E-state index is -0.971. The van der Waals surface area contributed by atoms with Crippen molar-refractivity contribution in [1.29, 1.82) is 0 Å². The third-order valence-electron chi connectivity index (χ3n) is 14.1. The first-order valence-electron chi connectivity index (χ1n) is 15.8. The number of allylic oxidation sites excluding steroid dienone is 2. The highest BCUT2D eigenvalue weighted by atomic mass is 16.5. The molecule has 4 fully saturated rings. The normalized spacial score (nSPS) is 47.4. The Kier molecular flexibility index (Phi) is 6.91. The summed E-state index contributed by atoms with van der Waals surface area (Å²) in [5.74, 6) is -0.731. The number of aliphatic carboxylic acids is 2. The smallest absolute Gasteiger partial charge is 0.309 e. The molecule has 0 aliphatic heterocycles. The first-order chi connectivity index (χ1) is 18.4. The van der Waals surface area contributed by atoms with E-state index in [4.69, 9.17) is 9.84 Å². The molecule has 0 amide bonds. The van der Waals surface area contributed by atoms with E-state index in [1.807, 2.05) is 6.92 Å². The quantitative estimate of drug-likeness (QED) is 0.266. The van der Waals surface area contributed by atoms with Crippen molar-refractivity contribution in [2.24, 2.45) is 50.2 Å². The van der Waals surface area contributed by atoms with Crippen molar-refractivity contribution in [1.82, 2.24) is 0 Å². The van der Waals surface area contributed by atoms with Gasteiger partial charge in [-0.05, 0) is 111 Å². The fourth-order valence-electron chi connectivity index (χ4n) is 11.2. The van der Waals surface area contributed by atoms with Crippen LogP contribution < -0.4 is 0 Å². The number of carboxylic acids is 2. The van der Waals surface area contributed by atoms with Crippen LogP contribution in [-0.4, -0.2) is 34.2 Å². The molecule has 0 radical (unpaired) electrons. The molecule has 0 bridgehead atoms. The molecule has 0 spiro atoms. The van der Waals surface area contributed by atoms with Gasteiger partial charge in [-0.3, -0.25) is 14.4 Å². The molecule has 5 aliphatic carbocycles. The summed E-state index contributed by atoms with van der Waals surface area (Å²) in [7, 11) is 0. The van der Waals surface area contributed by atoms with E-state index in [1.54, 1.807) is 5.57 Å². The van der Waals surface area contributed by atoms with Crippen LogP contribution in [0.2, 0.25) is 0 Å². The van der Waals surface area contributed by atoms with Crippen molar-refractivity contribution in [3.05, 3.63) is 11.6 Å². The van der Waals surface area contributed by atoms with Gasteiger partial charge in [0, 0.05) is 5.41 Å². The molecule has 5 aliphatic rings. The largest absolute Gasteiger partial charge is 0.481 e. The fraction of sp³-hybridized carbons (Fsp3) is 0.853. The Morgan fingerprint density at radius 3 is 2.17 bits per heavy atom. The molecule has 40 heavy (non-hydrogen) atoms. The lowest BCUT2D eigenvalue weighted by Crippen LogP contribution is -2.64. The number of hydrogen-bond acceptors (Lipinski definition) is 4. The van der Waals surface area contributed by atoms with Gasteiger partial charge in [0.15, 0.2) is 0 Å². The second-order valence-corrected chi connectivity index (χ2v) is 16.3. The average molecular weight is 557 g/mol. The lowest BCUT2D eigenvalue weighted by atomic mass is 9.33. The third kappa shape index (κ3) is 4.12. The molecule has 9 atom stereocenters. The van der Waals surface area contributed by atoms with Crippen LogP contribution in [0.1, 0.15) is 126 Å². The van der Waals surface area contributed by atoms with E-state index in [0.29, 0.717) is 17.8 Å². The van der Waals surface area contributed by atoms with E-state index in [1.165, 1.54) is 12.8 Å². The maximum Gasteiger partial charge on any atom is 0.309 e. The molecule has 6 heteroatoms. The van der Waals surface area contributed by atoms with Crippen LogP contribution in [0, 0.1) is 50.2 Å². The van der Waals surface area contributed by atoms with Crippen molar-refractivity contribution in [2.45, 2.75) is 132 Å². The Bertz CT molecular complexity index is 1120. The fourth-order valence-corrected chi connectivity index (χ4v) is 11.2. The molecule has 0 aromatic rings. The average Bonchev–Trinajstić information content (AvgIpc) is 2.86. The number of carbonyl (C=O) groups is 3. The van der Waals surface area contributed by atoms with E-state index in [2.05, 4.69) is 47.6 Å². The van der Waals surface area contributed by atoms with E-state index >= 15 is 0 Å². The number of esters is 1. The standard InChI is InChI=1S/C34H52O6/c1-29(2)23-12-15-34(7)24(32(23,5)14-13-25(29)40-27(37)11-10-26(35)36)9-8-21-22-20-31(4,28(38)39)17-16-30(22,3)18-19-33(21,34)6/h8,22-25H,9-20H2,1-7H3,(H,35,36)(H,38,39)/t22-,23-,24+,25?,30+,31-,32-,33+,34+/m0/s1. The van der Waals surface area contributed by atoms with Gasteiger partial charge in [-0.1, -0.05) is 53.2 Å². The Hall–Kier alpha value is -1.85. The number of carbonyl (C=O) groups excluding carboxylic acids is 1. The Morgan fingerprint density at radius 2 is 1.52 bits per heavy atom. The molecule has 0 aromatic carbocycles. The monoisotopic (exact) mass is 556 g/mol. The number of hydrogen-bond donors (Lipinski definition) is 2. The topological polar surface area (TPSA) is 101 Å². The minimum Gasteiger partial charge on any atom is -0.481 e. The van der Waals surface area contributed by atoms with Crippen LogP contribution in [-0.2, 0) is 19.1 Å². The molecule has 0 saturated heterocycles. The first-order valence-corrected chi connectivity index (χ1v) is 15.8. The van der Waals surface area contributed by atoms with E-state index in [9.17, 15) is 19.5 Å². The number of fused-ring (bicyclic) bond motifs is 7. The lowest BCUT2D eigenvalue weighted by molar-refractivity contribution is -0.213. The predicted octanol–water partition coefficient (Wildman–Crippen LogP) is 7.65. The van der Waals surface area contributed by atoms with Gasteiger partial charge in [-0.2, -0.15) is 0 Å². The van der Waals surface area contributed by atoms with Gasteiger partial charge in [-0.15, -0.1) is 0 Å². The molecule has 5 rings (SSSR count). The Labute approximate surface area is 240 Å². The van der Waals surface area contributed by atoms with E-state index in [-0.39, 0.29) is 46.0 Å². The van der Waals surface area contributed by atoms with Crippen molar-refractivity contribution in [2.75, 3.05) is 0 Å². The number of carboxylic acid groups (broad SMARTS) is 2. The molecule has 1 unspecified atom stereocenters. The van der Waals surface area contributed by atoms with Crippen molar-refractivity contribution in [3.63, 3.8) is 0 Å². The second kappa shape index (κ2) is 9.33. The highest BCUT2D eigenvalue weighted by molar-refractivity contribution is 5.76. The predicted molar refractivity (Wildman–Crippen MR) is 153 cm³/mol. The van der Waals surface area contributed by atoms with Crippen LogP contribution in [0.15, 0.2) is 11.6 Å². The molecular weight excluding hydrogens is 504 g/mol. The van der Waals surface area contributed by atoms with Gasteiger partial charge in [0.2, 0.25) is 0 Å². The summed E-state index contributed by atoms with van der Waals surface area (Å²) in [5, 5.41) is 19.1. The highest BCUT2D eigenvalue weighted by Gasteiger charge is 2.68. The zero-order valence-corrected chi connectivity index (χ0v) is 25.9. The SMILES string of the molecule is CC1(C)C(OC(=O)CCC(=O)O)CC[C@]2(C)[C@H]3CC=C4[C@@H]5C[C@@](C)(C(=O)O)CC[C@]5(C)CC[C@@]4(C)[C@]3(C)CC[C@@H]12. The lowest BCUT2D eigenvalue weighted by Gasteiger charge is -2.71. The van der Waals surface area contributed by atoms with Gasteiger partial charge < -0.3 is 14.9 Å². The summed E-state index contributed by atoms with van der Waals surface area (Å²) < 4.78 is 5.96. The summed E-state index contributed by atoms with van der Waals surface area (Å²) in [6.07, 6.45) is 12.1. The van der Waals surface area contributed by atoms with E-state index in [0.717, 1.165) is 51.4 Å². The molecule has 4 saturated carbocycles. The van der Waals surface area contributed by atoms with Gasteiger partial charge in [0.1, 0.15) is 6.10 Å². The van der Waals surface area contributed by atoms with Gasteiger partial charge in [0.25, 0.3) is 0 Å². The summed E-state index contributed by atoms with van der Waals surface area (Å²) in [4.78, 5) is 35.8. The number of ether oxygens (including phenoxy) is 1. The zero-order chi connectivity index (χ0) is 29.5. The van der Waals surface area contributed by atoms with E-state index < -0.39 is 23.3 Å². The summed E-state index contributed by atoms with van der Waals surface area (Å²) >= 11 is 0. The summed E-state index contributed by atoms with van der Waals surface area (Å²) in [5.41, 5.74) is 1.25. The van der Waals surface area contributed by atoms with Crippen LogP contribution in [0.25, 0.3) is 0 Å². The highest BCUT2D eigenvalue weighted by Crippen LogP contribution is 2.75. The van der Waals surface area contributed by atoms with Gasteiger partial charge >= 0.3 is 17.9 Å². The number of rotatable bonds is 5. The molecule has 2 N–H and O–H groups in total. The Morgan fingerprint density at radius 1 is 0.850 bits per heavy atom. The Balaban J connectivity index is 1.44. The van der Waals surface area contributed by atoms with Crippen molar-refractivity contribution < 1.29 is 29.3 Å². The molecule has 0 heterocycles. The van der Waals surface area contributed by atoms with Gasteiger partial charge in [0.05, 0.1) is 18.3 Å². The van der Waals surface area contributed by atoms with Crippen LogP contribution in [0.5, 0.6) is 0 Å². The minimum absolute atomic E-state index is 0.0646. The molecule has 224 valence electrons. The van der Waals surface area contributed by atoms with Crippen LogP contribution >= 0.6 is 0 Å². The maximum atomic E-state index is 12.5. The van der Waals surface area contributed by atoms with Crippen LogP contribution in [0.3, 0.4) is 0 Å². The molecule has 0 aromatic heterocycles. The van der Waals surface area contributed by atoms with Crippen LogP contribution in [0.4, 0.5) is 0 Å². The maximum absolute atomic E-state index is 12.5. The van der Waals surface area contributed by atoms with Crippen molar-refractivity contribution in [3.8, 4) is 0 Å². The summed E-state index contributed by atoms with van der Waals surface area (Å²) in [6, 6.07) is 0. The van der Waals surface area contributed by atoms with Gasteiger partial charge in [-0.25, -0.2) is 0 Å². The molecule has 6 nitrogen and oxygen atoms in total. The zero-order valence-electron chi connectivity index (χ0n) is 25.9. The second-order valence-electron chi connectivity index (χ2n) is 16.3.